The number of nitrogens with zero attached hydrogens (tertiary/aromatic N) is 1. The first-order valence-corrected chi connectivity index (χ1v) is 7.04. The lowest BCUT2D eigenvalue weighted by atomic mass is 10.2. The predicted octanol–water partition coefficient (Wildman–Crippen LogP) is 1.80. The molecule has 88 valence electrons. The first kappa shape index (κ1) is 11.7. The number of aliphatic imine (C=N–C) groups is 1. The fourth-order valence-electron chi connectivity index (χ4n) is 1.67. The van der Waals surface area contributed by atoms with Gasteiger partial charge in [-0.1, -0.05) is 30.0 Å². The molecule has 0 bridgehead atoms. The summed E-state index contributed by atoms with van der Waals surface area (Å²) in [6.45, 7) is 4.93. The third kappa shape index (κ3) is 3.12. The molecule has 1 fully saturated rings. The van der Waals surface area contributed by atoms with Gasteiger partial charge in [-0.05, 0) is 13.3 Å². The molecule has 0 amide bonds. The van der Waals surface area contributed by atoms with Crippen molar-refractivity contribution in [2.75, 3.05) is 0 Å². The van der Waals surface area contributed by atoms with E-state index in [1.54, 1.807) is 11.8 Å². The van der Waals surface area contributed by atoms with Crippen molar-refractivity contribution in [3.8, 4) is 0 Å². The second-order valence-corrected chi connectivity index (χ2v) is 6.27. The quantitative estimate of drug-likeness (QED) is 0.849. The SMILES string of the molecule is CC1CC(C)SC(=NCc2csc(=O)[nH]2)N1. The highest BCUT2D eigenvalue weighted by molar-refractivity contribution is 8.14. The first-order valence-electron chi connectivity index (χ1n) is 5.28. The van der Waals surface area contributed by atoms with E-state index in [1.165, 1.54) is 17.8 Å². The molecule has 0 aliphatic carbocycles. The summed E-state index contributed by atoms with van der Waals surface area (Å²) in [5, 5.41) is 6.77. The van der Waals surface area contributed by atoms with Crippen LogP contribution in [0.15, 0.2) is 15.2 Å². The molecule has 2 rings (SSSR count). The summed E-state index contributed by atoms with van der Waals surface area (Å²) in [7, 11) is 0. The zero-order chi connectivity index (χ0) is 11.5. The van der Waals surface area contributed by atoms with Gasteiger partial charge >= 0.3 is 4.87 Å². The van der Waals surface area contributed by atoms with E-state index >= 15 is 0 Å². The molecular weight excluding hydrogens is 242 g/mol. The van der Waals surface area contributed by atoms with Crippen LogP contribution in [-0.4, -0.2) is 21.4 Å². The van der Waals surface area contributed by atoms with Crippen LogP contribution < -0.4 is 10.2 Å². The summed E-state index contributed by atoms with van der Waals surface area (Å²) in [6, 6.07) is 0.483. The minimum atomic E-state index is -0.0128. The molecule has 1 saturated heterocycles. The molecule has 0 saturated carbocycles. The summed E-state index contributed by atoms with van der Waals surface area (Å²) in [6.07, 6.45) is 1.17. The number of H-pyrrole nitrogens is 1. The minimum Gasteiger partial charge on any atom is -0.362 e. The van der Waals surface area contributed by atoms with Crippen LogP contribution in [-0.2, 0) is 6.54 Å². The largest absolute Gasteiger partial charge is 0.362 e. The Bertz CT molecular complexity index is 425. The Morgan fingerprint density at radius 3 is 3.00 bits per heavy atom. The molecule has 2 atom stereocenters. The second-order valence-electron chi connectivity index (χ2n) is 4.00. The van der Waals surface area contributed by atoms with Gasteiger partial charge < -0.3 is 10.3 Å². The van der Waals surface area contributed by atoms with Crippen LogP contribution in [0.25, 0.3) is 0 Å². The van der Waals surface area contributed by atoms with Crippen molar-refractivity contribution < 1.29 is 0 Å². The lowest BCUT2D eigenvalue weighted by Crippen LogP contribution is -2.38. The lowest BCUT2D eigenvalue weighted by molar-refractivity contribution is 0.597. The molecule has 1 aliphatic rings. The molecule has 0 radical (unpaired) electrons. The van der Waals surface area contributed by atoms with Gasteiger partial charge in [-0.15, -0.1) is 0 Å². The average molecular weight is 257 g/mol. The van der Waals surface area contributed by atoms with Crippen molar-refractivity contribution >= 4 is 28.3 Å². The van der Waals surface area contributed by atoms with Crippen LogP contribution in [0.5, 0.6) is 0 Å². The number of rotatable bonds is 2. The van der Waals surface area contributed by atoms with E-state index in [-0.39, 0.29) is 4.87 Å². The molecule has 2 unspecified atom stereocenters. The number of aromatic amines is 1. The fourth-order valence-corrected chi connectivity index (χ4v) is 3.42. The van der Waals surface area contributed by atoms with Gasteiger partial charge in [0.15, 0.2) is 5.17 Å². The predicted molar refractivity (Wildman–Crippen MR) is 70.3 cm³/mol. The summed E-state index contributed by atoms with van der Waals surface area (Å²) >= 11 is 2.95. The van der Waals surface area contributed by atoms with Gasteiger partial charge in [0.05, 0.1) is 12.2 Å². The van der Waals surface area contributed by atoms with Crippen molar-refractivity contribution in [2.45, 2.75) is 38.1 Å². The molecule has 0 aromatic carbocycles. The Kier molecular flexibility index (Phi) is 3.70. The van der Waals surface area contributed by atoms with Crippen molar-refractivity contribution in [3.63, 3.8) is 0 Å². The maximum Gasteiger partial charge on any atom is 0.304 e. The van der Waals surface area contributed by atoms with Crippen LogP contribution in [0, 0.1) is 0 Å². The maximum atomic E-state index is 10.9. The van der Waals surface area contributed by atoms with Gasteiger partial charge in [-0.2, -0.15) is 0 Å². The van der Waals surface area contributed by atoms with Crippen LogP contribution in [0.4, 0.5) is 0 Å². The summed E-state index contributed by atoms with van der Waals surface area (Å²) < 4.78 is 0. The van der Waals surface area contributed by atoms with Gasteiger partial charge in [0, 0.05) is 16.7 Å². The number of thioether (sulfide) groups is 1. The van der Waals surface area contributed by atoms with E-state index in [4.69, 9.17) is 0 Å². The van der Waals surface area contributed by atoms with Crippen LogP contribution in [0.3, 0.4) is 0 Å². The molecule has 0 spiro atoms. The van der Waals surface area contributed by atoms with E-state index in [2.05, 4.69) is 29.1 Å². The van der Waals surface area contributed by atoms with E-state index < -0.39 is 0 Å². The van der Waals surface area contributed by atoms with E-state index in [1.807, 2.05) is 5.38 Å². The Labute approximate surface area is 103 Å². The van der Waals surface area contributed by atoms with Crippen LogP contribution in [0.1, 0.15) is 26.0 Å². The van der Waals surface area contributed by atoms with Gasteiger partial charge in [0.1, 0.15) is 0 Å². The van der Waals surface area contributed by atoms with Gasteiger partial charge in [0.2, 0.25) is 0 Å². The summed E-state index contributed by atoms with van der Waals surface area (Å²) in [5.74, 6) is 0. The van der Waals surface area contributed by atoms with Gasteiger partial charge in [-0.3, -0.25) is 9.79 Å². The van der Waals surface area contributed by atoms with Gasteiger partial charge in [-0.25, -0.2) is 0 Å². The van der Waals surface area contributed by atoms with Crippen molar-refractivity contribution in [3.05, 3.63) is 20.7 Å². The Hall–Kier alpha value is -0.750. The number of hydrogen-bond acceptors (Lipinski definition) is 4. The molecule has 4 nitrogen and oxygen atoms in total. The standard InChI is InChI=1S/C10H15N3OS2/c1-6-3-7(2)16-9(12-6)11-4-8-5-15-10(14)13-8/h5-7H,3-4H2,1-2H3,(H,11,12)(H,13,14). The average Bonchev–Trinajstić information content (AvgIpc) is 2.60. The van der Waals surface area contributed by atoms with Crippen LogP contribution in [0.2, 0.25) is 0 Å². The Morgan fingerprint density at radius 2 is 2.38 bits per heavy atom. The van der Waals surface area contributed by atoms with E-state index in [0.29, 0.717) is 17.8 Å². The second kappa shape index (κ2) is 5.05. The molecule has 1 aromatic heterocycles. The zero-order valence-corrected chi connectivity index (χ0v) is 11.0. The number of hydrogen-bond donors (Lipinski definition) is 2. The first-order chi connectivity index (χ1) is 7.63. The molecule has 16 heavy (non-hydrogen) atoms. The highest BCUT2D eigenvalue weighted by Crippen LogP contribution is 2.22. The lowest BCUT2D eigenvalue weighted by Gasteiger charge is -2.26. The maximum absolute atomic E-state index is 10.9. The summed E-state index contributed by atoms with van der Waals surface area (Å²) in [4.78, 5) is 18.2. The topological polar surface area (TPSA) is 57.2 Å². The molecule has 1 aromatic rings. The minimum absolute atomic E-state index is 0.0128. The monoisotopic (exact) mass is 257 g/mol. The zero-order valence-electron chi connectivity index (χ0n) is 9.32. The Morgan fingerprint density at radius 1 is 1.56 bits per heavy atom. The van der Waals surface area contributed by atoms with Crippen molar-refractivity contribution in [1.29, 1.82) is 0 Å². The molecule has 1 aliphatic heterocycles. The number of nitrogens with one attached hydrogen (secondary N) is 2. The molecular formula is C10H15N3OS2. The van der Waals surface area contributed by atoms with E-state index in [0.717, 1.165) is 10.9 Å². The third-order valence-electron chi connectivity index (χ3n) is 2.33. The molecule has 2 heterocycles. The highest BCUT2D eigenvalue weighted by atomic mass is 32.2. The number of thiazole rings is 1. The fraction of sp³-hybridized carbons (Fsp3) is 0.600. The van der Waals surface area contributed by atoms with E-state index in [9.17, 15) is 4.79 Å². The smallest absolute Gasteiger partial charge is 0.304 e. The number of amidine groups is 1. The van der Waals surface area contributed by atoms with Gasteiger partial charge in [0.25, 0.3) is 0 Å². The normalized spacial score (nSPS) is 28.0. The molecule has 2 N–H and O–H groups in total. The van der Waals surface area contributed by atoms with Crippen molar-refractivity contribution in [2.24, 2.45) is 4.99 Å². The highest BCUT2D eigenvalue weighted by Gasteiger charge is 2.19. The van der Waals surface area contributed by atoms with Crippen molar-refractivity contribution in [1.82, 2.24) is 10.3 Å². The van der Waals surface area contributed by atoms with Crippen LogP contribution >= 0.6 is 23.1 Å². The third-order valence-corrected chi connectivity index (χ3v) is 4.12. The molecule has 6 heteroatoms. The Balaban J connectivity index is 1.99. The summed E-state index contributed by atoms with van der Waals surface area (Å²) in [5.41, 5.74) is 0.885. The number of aromatic nitrogens is 1.